The van der Waals surface area contributed by atoms with Crippen LogP contribution in [0.5, 0.6) is 5.75 Å². The van der Waals surface area contributed by atoms with Crippen LogP contribution in [0.4, 0.5) is 0 Å². The van der Waals surface area contributed by atoms with Crippen molar-refractivity contribution in [3.63, 3.8) is 0 Å². The molecule has 0 aliphatic rings. The maximum atomic E-state index is 12.2. The van der Waals surface area contributed by atoms with Gasteiger partial charge < -0.3 is 14.2 Å². The van der Waals surface area contributed by atoms with Gasteiger partial charge in [-0.1, -0.05) is 24.3 Å². The Labute approximate surface area is 137 Å². The summed E-state index contributed by atoms with van der Waals surface area (Å²) in [6, 6.07) is 7.45. The van der Waals surface area contributed by atoms with Crippen LogP contribution in [0.2, 0.25) is 0 Å². The monoisotopic (exact) mass is 320 g/mol. The van der Waals surface area contributed by atoms with E-state index in [9.17, 15) is 9.59 Å². The van der Waals surface area contributed by atoms with Gasteiger partial charge in [0, 0.05) is 0 Å². The van der Waals surface area contributed by atoms with Crippen molar-refractivity contribution in [3.05, 3.63) is 42.0 Å². The molecule has 5 heteroatoms. The van der Waals surface area contributed by atoms with Crippen LogP contribution in [-0.2, 0) is 19.1 Å². The molecule has 23 heavy (non-hydrogen) atoms. The topological polar surface area (TPSA) is 61.8 Å². The van der Waals surface area contributed by atoms with E-state index in [2.05, 4.69) is 6.58 Å². The number of hydrogen-bond acceptors (Lipinski definition) is 5. The van der Waals surface area contributed by atoms with E-state index in [0.29, 0.717) is 5.75 Å². The molecule has 0 unspecified atom stereocenters. The van der Waals surface area contributed by atoms with E-state index in [1.165, 1.54) is 6.92 Å². The van der Waals surface area contributed by atoms with Crippen molar-refractivity contribution in [1.29, 1.82) is 0 Å². The van der Waals surface area contributed by atoms with Crippen molar-refractivity contribution < 1.29 is 23.8 Å². The molecule has 0 saturated heterocycles. The molecule has 0 heterocycles. The number of benzene rings is 1. The summed E-state index contributed by atoms with van der Waals surface area (Å²) in [5, 5.41) is 0. The van der Waals surface area contributed by atoms with Crippen LogP contribution in [0.25, 0.3) is 0 Å². The number of aryl methyl sites for hydroxylation is 1. The molecule has 0 radical (unpaired) electrons. The number of ether oxygens (including phenoxy) is 3. The lowest BCUT2D eigenvalue weighted by Crippen LogP contribution is -2.42. The quantitative estimate of drug-likeness (QED) is 0.418. The SMILES string of the molecule is C=C(COc1ccc(C)cc1)C(C)(C(=O)OCC)C(=O)OCC. The molecule has 0 fully saturated rings. The van der Waals surface area contributed by atoms with E-state index in [4.69, 9.17) is 14.2 Å². The summed E-state index contributed by atoms with van der Waals surface area (Å²) in [5.74, 6) is -0.737. The minimum Gasteiger partial charge on any atom is -0.489 e. The van der Waals surface area contributed by atoms with Crippen molar-refractivity contribution in [1.82, 2.24) is 0 Å². The fourth-order valence-electron chi connectivity index (χ4n) is 1.87. The molecule has 126 valence electrons. The number of carbonyl (C=O) groups excluding carboxylic acids is 2. The van der Waals surface area contributed by atoms with Crippen molar-refractivity contribution >= 4 is 11.9 Å². The highest BCUT2D eigenvalue weighted by Gasteiger charge is 2.47. The maximum absolute atomic E-state index is 12.2. The third-order valence-corrected chi connectivity index (χ3v) is 3.51. The van der Waals surface area contributed by atoms with Gasteiger partial charge in [0.1, 0.15) is 12.4 Å². The smallest absolute Gasteiger partial charge is 0.327 e. The van der Waals surface area contributed by atoms with E-state index in [0.717, 1.165) is 5.56 Å². The van der Waals surface area contributed by atoms with Gasteiger partial charge in [-0.15, -0.1) is 0 Å². The molecule has 5 nitrogen and oxygen atoms in total. The molecule has 0 spiro atoms. The molecule has 0 aromatic heterocycles. The van der Waals surface area contributed by atoms with Gasteiger partial charge in [0.05, 0.1) is 13.2 Å². The Kier molecular flexibility index (Phi) is 6.82. The van der Waals surface area contributed by atoms with Gasteiger partial charge in [-0.25, -0.2) is 0 Å². The normalized spacial score (nSPS) is 10.8. The van der Waals surface area contributed by atoms with E-state index >= 15 is 0 Å². The third kappa shape index (κ3) is 4.58. The highest BCUT2D eigenvalue weighted by atomic mass is 16.6. The fraction of sp³-hybridized carbons (Fsp3) is 0.444. The van der Waals surface area contributed by atoms with E-state index in [-0.39, 0.29) is 25.4 Å². The molecule has 0 aliphatic carbocycles. The Bertz CT molecular complexity index is 541. The molecule has 0 atom stereocenters. The van der Waals surface area contributed by atoms with Crippen molar-refractivity contribution in [2.75, 3.05) is 19.8 Å². The molecular weight excluding hydrogens is 296 g/mol. The molecule has 1 rings (SSSR count). The van der Waals surface area contributed by atoms with Gasteiger partial charge in [-0.2, -0.15) is 0 Å². The number of carbonyl (C=O) groups is 2. The van der Waals surface area contributed by atoms with Crippen LogP contribution >= 0.6 is 0 Å². The van der Waals surface area contributed by atoms with E-state index < -0.39 is 17.4 Å². The number of hydrogen-bond donors (Lipinski definition) is 0. The van der Waals surface area contributed by atoms with Crippen molar-refractivity contribution in [2.24, 2.45) is 5.41 Å². The second-order valence-electron chi connectivity index (χ2n) is 5.27. The first-order chi connectivity index (χ1) is 10.9. The zero-order chi connectivity index (χ0) is 17.5. The van der Waals surface area contributed by atoms with E-state index in [1.807, 2.05) is 31.2 Å². The summed E-state index contributed by atoms with van der Waals surface area (Å²) in [5.41, 5.74) is -0.189. The highest BCUT2D eigenvalue weighted by molar-refractivity contribution is 6.03. The number of rotatable bonds is 8. The molecule has 1 aromatic rings. The third-order valence-electron chi connectivity index (χ3n) is 3.51. The largest absolute Gasteiger partial charge is 0.489 e. The summed E-state index contributed by atoms with van der Waals surface area (Å²) in [4.78, 5) is 24.5. The van der Waals surface area contributed by atoms with Crippen LogP contribution in [0.3, 0.4) is 0 Å². The summed E-state index contributed by atoms with van der Waals surface area (Å²) in [6.07, 6.45) is 0. The van der Waals surface area contributed by atoms with Gasteiger partial charge in [0.15, 0.2) is 5.41 Å². The van der Waals surface area contributed by atoms with Crippen LogP contribution in [0.15, 0.2) is 36.4 Å². The Morgan fingerprint density at radius 2 is 1.52 bits per heavy atom. The first-order valence-electron chi connectivity index (χ1n) is 7.58. The second kappa shape index (κ2) is 8.36. The summed E-state index contributed by atoms with van der Waals surface area (Å²) in [7, 11) is 0. The summed E-state index contributed by atoms with van der Waals surface area (Å²) in [6.45, 7) is 11.0. The van der Waals surface area contributed by atoms with Gasteiger partial charge >= 0.3 is 11.9 Å². The van der Waals surface area contributed by atoms with Gasteiger partial charge in [-0.3, -0.25) is 9.59 Å². The lowest BCUT2D eigenvalue weighted by molar-refractivity contribution is -0.167. The lowest BCUT2D eigenvalue weighted by atomic mass is 9.83. The summed E-state index contributed by atoms with van der Waals surface area (Å²) < 4.78 is 15.6. The molecule has 0 aliphatic heterocycles. The Morgan fingerprint density at radius 3 is 1.96 bits per heavy atom. The van der Waals surface area contributed by atoms with Crippen LogP contribution in [0, 0.1) is 12.3 Å². The van der Waals surface area contributed by atoms with Gasteiger partial charge in [0.2, 0.25) is 0 Å². The van der Waals surface area contributed by atoms with Crippen LogP contribution < -0.4 is 4.74 Å². The van der Waals surface area contributed by atoms with Gasteiger partial charge in [-0.05, 0) is 45.4 Å². The minimum absolute atomic E-state index is 0.0111. The lowest BCUT2D eigenvalue weighted by Gasteiger charge is -2.27. The van der Waals surface area contributed by atoms with Crippen molar-refractivity contribution in [3.8, 4) is 5.75 Å². The summed E-state index contributed by atoms with van der Waals surface area (Å²) >= 11 is 0. The van der Waals surface area contributed by atoms with Crippen molar-refractivity contribution in [2.45, 2.75) is 27.7 Å². The Balaban J connectivity index is 2.88. The first-order valence-corrected chi connectivity index (χ1v) is 7.58. The molecule has 0 bridgehead atoms. The fourth-order valence-corrected chi connectivity index (χ4v) is 1.87. The highest BCUT2D eigenvalue weighted by Crippen LogP contribution is 2.30. The minimum atomic E-state index is -1.59. The molecule has 0 N–H and O–H groups in total. The van der Waals surface area contributed by atoms with Crippen LogP contribution in [-0.4, -0.2) is 31.8 Å². The van der Waals surface area contributed by atoms with E-state index in [1.54, 1.807) is 13.8 Å². The maximum Gasteiger partial charge on any atom is 0.327 e. The zero-order valence-electron chi connectivity index (χ0n) is 14.2. The molecular formula is C18H24O5. The molecule has 0 saturated carbocycles. The average molecular weight is 320 g/mol. The first kappa shape index (κ1) is 18.7. The predicted octanol–water partition coefficient (Wildman–Crippen LogP) is 3.06. The standard InChI is InChI=1S/C18H24O5/c1-6-21-16(19)18(5,17(20)22-7-2)14(4)12-23-15-10-8-13(3)9-11-15/h8-11H,4,6-7,12H2,1-3,5H3. The second-order valence-corrected chi connectivity index (χ2v) is 5.27. The predicted molar refractivity (Wildman–Crippen MR) is 87.2 cm³/mol. The molecule has 1 aromatic carbocycles. The average Bonchev–Trinajstić information content (AvgIpc) is 2.53. The number of esters is 2. The Morgan fingerprint density at radius 1 is 1.04 bits per heavy atom. The molecule has 0 amide bonds. The van der Waals surface area contributed by atoms with Gasteiger partial charge in [0.25, 0.3) is 0 Å². The zero-order valence-corrected chi connectivity index (χ0v) is 14.2. The van der Waals surface area contributed by atoms with Crippen LogP contribution in [0.1, 0.15) is 26.3 Å². The Hall–Kier alpha value is -2.30.